The van der Waals surface area contributed by atoms with Gasteiger partial charge in [0.25, 0.3) is 0 Å². The Labute approximate surface area is 117 Å². The number of rotatable bonds is 3. The minimum absolute atomic E-state index is 0.460. The Kier molecular flexibility index (Phi) is 3.70. The Bertz CT molecular complexity index is 618. The molecule has 1 aromatic heterocycles. The molecule has 0 aliphatic carbocycles. The average molecular weight is 272 g/mol. The second kappa shape index (κ2) is 5.12. The lowest BCUT2D eigenvalue weighted by atomic mass is 9.92. The zero-order valence-corrected chi connectivity index (χ0v) is 12.1. The van der Waals surface area contributed by atoms with Crippen molar-refractivity contribution in [3.63, 3.8) is 0 Å². The van der Waals surface area contributed by atoms with Crippen molar-refractivity contribution >= 4 is 11.3 Å². The lowest BCUT2D eigenvalue weighted by molar-refractivity contribution is 0.0575. The van der Waals surface area contributed by atoms with Crippen molar-refractivity contribution in [2.24, 2.45) is 0 Å². The van der Waals surface area contributed by atoms with Gasteiger partial charge >= 0.3 is 0 Å². The van der Waals surface area contributed by atoms with Crippen LogP contribution in [0.1, 0.15) is 33.6 Å². The van der Waals surface area contributed by atoms with Gasteiger partial charge in [0.2, 0.25) is 0 Å². The smallest absolute Gasteiger partial charge is 0.0991 e. The van der Waals surface area contributed by atoms with Crippen LogP contribution in [0, 0.1) is 25.2 Å². The molecule has 0 radical (unpaired) electrons. The molecule has 0 amide bonds. The summed E-state index contributed by atoms with van der Waals surface area (Å²) in [6.45, 7) is 5.76. The van der Waals surface area contributed by atoms with Gasteiger partial charge in [0.1, 0.15) is 0 Å². The zero-order chi connectivity index (χ0) is 14.0. The topological polar surface area (TPSA) is 56.9 Å². The fourth-order valence-corrected chi connectivity index (χ4v) is 3.02. The molecule has 4 heteroatoms. The maximum Gasteiger partial charge on any atom is 0.0991 e. The second-order valence-electron chi connectivity index (χ2n) is 4.89. The van der Waals surface area contributed by atoms with Gasteiger partial charge in [-0.3, -0.25) is 0 Å². The molecule has 0 fully saturated rings. The van der Waals surface area contributed by atoms with Crippen LogP contribution < -0.4 is 0 Å². The predicted molar refractivity (Wildman–Crippen MR) is 76.0 cm³/mol. The monoisotopic (exact) mass is 272 g/mol. The van der Waals surface area contributed by atoms with Crippen molar-refractivity contribution in [1.82, 2.24) is 4.98 Å². The SMILES string of the molecule is Cc1nc(CC(C)(O)c2cccc(C#N)c2)sc1C. The van der Waals surface area contributed by atoms with Crippen LogP contribution in [0.3, 0.4) is 0 Å². The first-order valence-corrected chi connectivity index (χ1v) is 6.90. The van der Waals surface area contributed by atoms with Crippen LogP contribution in [0.2, 0.25) is 0 Å². The standard InChI is InChI=1S/C15H16N2OS/c1-10-11(2)19-14(17-10)8-15(3,18)13-6-4-5-12(7-13)9-16/h4-7,18H,8H2,1-3H3. The molecule has 0 aliphatic rings. The number of hydrogen-bond donors (Lipinski definition) is 1. The summed E-state index contributed by atoms with van der Waals surface area (Å²) in [5, 5.41) is 20.5. The second-order valence-corrected chi connectivity index (χ2v) is 6.18. The van der Waals surface area contributed by atoms with Gasteiger partial charge in [-0.2, -0.15) is 5.26 Å². The molecule has 19 heavy (non-hydrogen) atoms. The minimum Gasteiger partial charge on any atom is -0.385 e. The fraction of sp³-hybridized carbons (Fsp3) is 0.333. The molecule has 2 aromatic rings. The van der Waals surface area contributed by atoms with Gasteiger partial charge in [-0.05, 0) is 38.5 Å². The highest BCUT2D eigenvalue weighted by molar-refractivity contribution is 7.11. The van der Waals surface area contributed by atoms with Gasteiger partial charge in [0, 0.05) is 11.3 Å². The molecule has 1 atom stereocenters. The van der Waals surface area contributed by atoms with Crippen LogP contribution in [-0.2, 0) is 12.0 Å². The number of thiazole rings is 1. The number of aryl methyl sites for hydroxylation is 2. The molecular weight excluding hydrogens is 256 g/mol. The van der Waals surface area contributed by atoms with E-state index in [4.69, 9.17) is 5.26 Å². The molecule has 0 saturated heterocycles. The van der Waals surface area contributed by atoms with Gasteiger partial charge in [-0.1, -0.05) is 12.1 Å². The maximum atomic E-state index is 10.6. The largest absolute Gasteiger partial charge is 0.385 e. The van der Waals surface area contributed by atoms with Crippen molar-refractivity contribution < 1.29 is 5.11 Å². The quantitative estimate of drug-likeness (QED) is 0.934. The van der Waals surface area contributed by atoms with Crippen molar-refractivity contribution in [1.29, 1.82) is 5.26 Å². The van der Waals surface area contributed by atoms with Crippen LogP contribution in [0.15, 0.2) is 24.3 Å². The van der Waals surface area contributed by atoms with Crippen molar-refractivity contribution in [3.05, 3.63) is 51.0 Å². The molecule has 0 bridgehead atoms. The van der Waals surface area contributed by atoms with Crippen molar-refractivity contribution in [2.45, 2.75) is 32.8 Å². The van der Waals surface area contributed by atoms with Gasteiger partial charge in [-0.25, -0.2) is 4.98 Å². The molecule has 0 aliphatic heterocycles. The van der Waals surface area contributed by atoms with Crippen molar-refractivity contribution in [2.75, 3.05) is 0 Å². The minimum atomic E-state index is -1.01. The predicted octanol–water partition coefficient (Wildman–Crippen LogP) is 3.08. The lowest BCUT2D eigenvalue weighted by Gasteiger charge is -2.22. The molecule has 1 N–H and O–H groups in total. The summed E-state index contributed by atoms with van der Waals surface area (Å²) in [6, 6.07) is 9.19. The molecule has 3 nitrogen and oxygen atoms in total. The third kappa shape index (κ3) is 3.01. The van der Waals surface area contributed by atoms with Crippen LogP contribution in [-0.4, -0.2) is 10.1 Å². The van der Waals surface area contributed by atoms with E-state index >= 15 is 0 Å². The summed E-state index contributed by atoms with van der Waals surface area (Å²) < 4.78 is 0. The summed E-state index contributed by atoms with van der Waals surface area (Å²) in [7, 11) is 0. The van der Waals surface area contributed by atoms with E-state index < -0.39 is 5.60 Å². The first-order valence-electron chi connectivity index (χ1n) is 6.08. The van der Waals surface area contributed by atoms with Gasteiger partial charge in [0.05, 0.1) is 27.9 Å². The molecular formula is C15H16N2OS. The highest BCUT2D eigenvalue weighted by atomic mass is 32.1. The number of hydrogen-bond acceptors (Lipinski definition) is 4. The summed E-state index contributed by atoms with van der Waals surface area (Å²) in [6.07, 6.45) is 0.460. The molecule has 1 unspecified atom stereocenters. The van der Waals surface area contributed by atoms with E-state index in [0.29, 0.717) is 12.0 Å². The number of nitrogens with zero attached hydrogens (tertiary/aromatic N) is 2. The molecule has 1 aromatic carbocycles. The van der Waals surface area contributed by atoms with E-state index in [2.05, 4.69) is 11.1 Å². The lowest BCUT2D eigenvalue weighted by Crippen LogP contribution is -2.24. The van der Waals surface area contributed by atoms with Crippen molar-refractivity contribution in [3.8, 4) is 6.07 Å². The Morgan fingerprint density at radius 2 is 2.16 bits per heavy atom. The van der Waals surface area contributed by atoms with Crippen LogP contribution >= 0.6 is 11.3 Å². The average Bonchev–Trinajstić information content (AvgIpc) is 2.67. The Hall–Kier alpha value is -1.70. The number of aliphatic hydroxyl groups is 1. The molecule has 1 heterocycles. The molecule has 0 spiro atoms. The van der Waals surface area contributed by atoms with E-state index in [1.165, 1.54) is 4.88 Å². The first kappa shape index (κ1) is 13.7. The number of aromatic nitrogens is 1. The summed E-state index contributed by atoms with van der Waals surface area (Å²) in [5.74, 6) is 0. The Morgan fingerprint density at radius 1 is 1.42 bits per heavy atom. The Balaban J connectivity index is 2.29. The van der Waals surface area contributed by atoms with Crippen LogP contribution in [0.4, 0.5) is 0 Å². The summed E-state index contributed by atoms with van der Waals surface area (Å²) in [5.41, 5.74) is 1.31. The van der Waals surface area contributed by atoms with E-state index in [9.17, 15) is 5.11 Å². The highest BCUT2D eigenvalue weighted by Crippen LogP contribution is 2.28. The summed E-state index contributed by atoms with van der Waals surface area (Å²) in [4.78, 5) is 5.63. The maximum absolute atomic E-state index is 10.6. The third-order valence-electron chi connectivity index (χ3n) is 3.18. The van der Waals surface area contributed by atoms with E-state index in [1.807, 2.05) is 19.9 Å². The normalized spacial score (nSPS) is 13.8. The number of benzene rings is 1. The zero-order valence-electron chi connectivity index (χ0n) is 11.3. The molecule has 98 valence electrons. The van der Waals surface area contributed by atoms with E-state index in [1.54, 1.807) is 36.5 Å². The van der Waals surface area contributed by atoms with Gasteiger partial charge < -0.3 is 5.11 Å². The Morgan fingerprint density at radius 3 is 2.74 bits per heavy atom. The first-order chi connectivity index (χ1) is 8.92. The fourth-order valence-electron chi connectivity index (χ4n) is 1.94. The highest BCUT2D eigenvalue weighted by Gasteiger charge is 2.25. The summed E-state index contributed by atoms with van der Waals surface area (Å²) >= 11 is 1.61. The molecule has 0 saturated carbocycles. The molecule has 2 rings (SSSR count). The van der Waals surface area contributed by atoms with Crippen LogP contribution in [0.25, 0.3) is 0 Å². The van der Waals surface area contributed by atoms with E-state index in [-0.39, 0.29) is 0 Å². The third-order valence-corrected chi connectivity index (χ3v) is 4.25. The van der Waals surface area contributed by atoms with Crippen LogP contribution in [0.5, 0.6) is 0 Å². The number of nitriles is 1. The van der Waals surface area contributed by atoms with E-state index in [0.717, 1.165) is 16.3 Å². The van der Waals surface area contributed by atoms with Gasteiger partial charge in [0.15, 0.2) is 0 Å². The van der Waals surface area contributed by atoms with Gasteiger partial charge in [-0.15, -0.1) is 11.3 Å².